The predicted octanol–water partition coefficient (Wildman–Crippen LogP) is 4.77. The maximum Gasteiger partial charge on any atom is 0.265 e. The fraction of sp³-hybridized carbons (Fsp3) is 0.250. The smallest absolute Gasteiger partial charge is 0.265 e. The summed E-state index contributed by atoms with van der Waals surface area (Å²) in [4.78, 5) is 25.3. The van der Waals surface area contributed by atoms with Gasteiger partial charge in [-0.2, -0.15) is 0 Å². The maximum atomic E-state index is 12.7. The van der Waals surface area contributed by atoms with Gasteiger partial charge in [0.25, 0.3) is 11.8 Å². The molecule has 5 nitrogen and oxygen atoms in total. The molecule has 0 aliphatic rings. The van der Waals surface area contributed by atoms with Crippen LogP contribution in [0, 0.1) is 0 Å². The van der Waals surface area contributed by atoms with Crippen LogP contribution in [0.5, 0.6) is 5.75 Å². The van der Waals surface area contributed by atoms with Crippen LogP contribution in [0.15, 0.2) is 66.7 Å². The summed E-state index contributed by atoms with van der Waals surface area (Å²) in [5.41, 5.74) is 0.894. The highest BCUT2D eigenvalue weighted by Gasteiger charge is 2.19. The standard InChI is InChI=1S/C24H26N2O3/c1-4-16(2)25-24(28)20-13-7-8-14-21(20)26-23(27)17(3)29-22-15-9-11-18-10-5-6-12-19(18)22/h5-17H,4H2,1-3H3,(H,25,28)(H,26,27)/t16-,17-/m0/s1. The topological polar surface area (TPSA) is 67.4 Å². The van der Waals surface area contributed by atoms with Crippen LogP contribution in [-0.4, -0.2) is 24.0 Å². The Kier molecular flexibility index (Phi) is 6.50. The van der Waals surface area contributed by atoms with E-state index in [9.17, 15) is 9.59 Å². The molecule has 2 atom stereocenters. The number of carbonyl (C=O) groups is 2. The molecular formula is C24H26N2O3. The molecule has 3 aromatic rings. The molecule has 0 aliphatic carbocycles. The van der Waals surface area contributed by atoms with Crippen molar-refractivity contribution in [3.8, 4) is 5.75 Å². The molecule has 0 saturated heterocycles. The van der Waals surface area contributed by atoms with Crippen molar-refractivity contribution in [1.82, 2.24) is 5.32 Å². The first-order valence-corrected chi connectivity index (χ1v) is 9.84. The number of benzene rings is 3. The molecule has 29 heavy (non-hydrogen) atoms. The Hall–Kier alpha value is -3.34. The molecule has 0 heterocycles. The number of carbonyl (C=O) groups excluding carboxylic acids is 2. The van der Waals surface area contributed by atoms with Crippen molar-refractivity contribution in [2.45, 2.75) is 39.3 Å². The SMILES string of the molecule is CC[C@H](C)NC(=O)c1ccccc1NC(=O)[C@H](C)Oc1cccc2ccccc12. The first-order chi connectivity index (χ1) is 14.0. The highest BCUT2D eigenvalue weighted by Crippen LogP contribution is 2.26. The van der Waals surface area contributed by atoms with Crippen molar-refractivity contribution >= 4 is 28.3 Å². The van der Waals surface area contributed by atoms with Crippen molar-refractivity contribution in [3.05, 3.63) is 72.3 Å². The first kappa shape index (κ1) is 20.4. The van der Waals surface area contributed by atoms with Crippen molar-refractivity contribution in [2.24, 2.45) is 0 Å². The van der Waals surface area contributed by atoms with E-state index in [4.69, 9.17) is 4.74 Å². The van der Waals surface area contributed by atoms with Crippen LogP contribution >= 0.6 is 0 Å². The molecule has 5 heteroatoms. The van der Waals surface area contributed by atoms with Gasteiger partial charge in [-0.1, -0.05) is 55.5 Å². The molecule has 0 spiro atoms. The van der Waals surface area contributed by atoms with Gasteiger partial charge in [0.15, 0.2) is 6.10 Å². The molecular weight excluding hydrogens is 364 g/mol. The third-order valence-electron chi connectivity index (χ3n) is 4.84. The number of ether oxygens (including phenoxy) is 1. The van der Waals surface area contributed by atoms with E-state index in [2.05, 4.69) is 10.6 Å². The van der Waals surface area contributed by atoms with E-state index < -0.39 is 6.10 Å². The molecule has 2 N–H and O–H groups in total. The van der Waals surface area contributed by atoms with Crippen LogP contribution in [0.4, 0.5) is 5.69 Å². The number of fused-ring (bicyclic) bond motifs is 1. The predicted molar refractivity (Wildman–Crippen MR) is 116 cm³/mol. The second kappa shape index (κ2) is 9.24. The Morgan fingerprint density at radius 1 is 0.931 bits per heavy atom. The molecule has 0 unspecified atom stereocenters. The van der Waals surface area contributed by atoms with Crippen LogP contribution in [0.3, 0.4) is 0 Å². The van der Waals surface area contributed by atoms with Crippen molar-refractivity contribution in [3.63, 3.8) is 0 Å². The van der Waals surface area contributed by atoms with E-state index in [1.54, 1.807) is 31.2 Å². The Balaban J connectivity index is 1.74. The Morgan fingerprint density at radius 3 is 2.41 bits per heavy atom. The summed E-state index contributed by atoms with van der Waals surface area (Å²) >= 11 is 0. The van der Waals surface area contributed by atoms with Crippen LogP contribution in [0.1, 0.15) is 37.6 Å². The van der Waals surface area contributed by atoms with E-state index in [0.29, 0.717) is 17.0 Å². The summed E-state index contributed by atoms with van der Waals surface area (Å²) in [5, 5.41) is 7.75. The Bertz CT molecular complexity index is 1010. The van der Waals surface area contributed by atoms with Crippen LogP contribution in [0.2, 0.25) is 0 Å². The lowest BCUT2D eigenvalue weighted by atomic mass is 10.1. The van der Waals surface area contributed by atoms with Gasteiger partial charge in [-0.25, -0.2) is 0 Å². The minimum absolute atomic E-state index is 0.0554. The number of hydrogen-bond donors (Lipinski definition) is 2. The highest BCUT2D eigenvalue weighted by atomic mass is 16.5. The quantitative estimate of drug-likeness (QED) is 0.610. The minimum Gasteiger partial charge on any atom is -0.480 e. The summed E-state index contributed by atoms with van der Waals surface area (Å²) in [6.07, 6.45) is 0.0994. The average Bonchev–Trinajstić information content (AvgIpc) is 2.74. The summed E-state index contributed by atoms with van der Waals surface area (Å²) in [6.45, 7) is 5.64. The van der Waals surface area contributed by atoms with E-state index in [1.807, 2.05) is 56.3 Å². The van der Waals surface area contributed by atoms with Gasteiger partial charge in [-0.05, 0) is 43.9 Å². The molecule has 0 aliphatic heterocycles. The fourth-order valence-corrected chi connectivity index (χ4v) is 2.97. The van der Waals surface area contributed by atoms with Gasteiger partial charge in [-0.3, -0.25) is 9.59 Å². The van der Waals surface area contributed by atoms with Gasteiger partial charge < -0.3 is 15.4 Å². The second-order valence-electron chi connectivity index (χ2n) is 7.05. The van der Waals surface area contributed by atoms with Crippen LogP contribution < -0.4 is 15.4 Å². The fourth-order valence-electron chi connectivity index (χ4n) is 2.97. The van der Waals surface area contributed by atoms with Gasteiger partial charge in [0, 0.05) is 11.4 Å². The normalized spacial score (nSPS) is 12.8. The molecule has 0 fully saturated rings. The van der Waals surface area contributed by atoms with Gasteiger partial charge in [-0.15, -0.1) is 0 Å². The average molecular weight is 390 g/mol. The number of para-hydroxylation sites is 1. The third kappa shape index (κ3) is 4.93. The number of nitrogens with one attached hydrogen (secondary N) is 2. The molecule has 150 valence electrons. The largest absolute Gasteiger partial charge is 0.480 e. The number of amides is 2. The van der Waals surface area contributed by atoms with Crippen molar-refractivity contribution in [2.75, 3.05) is 5.32 Å². The molecule has 3 aromatic carbocycles. The number of rotatable bonds is 7. The number of hydrogen-bond acceptors (Lipinski definition) is 3. The summed E-state index contributed by atoms with van der Waals surface area (Å²) in [7, 11) is 0. The van der Waals surface area contributed by atoms with Crippen molar-refractivity contribution < 1.29 is 14.3 Å². The Labute approximate surface area is 171 Å². The van der Waals surface area contributed by atoms with E-state index in [-0.39, 0.29) is 17.9 Å². The minimum atomic E-state index is -0.730. The van der Waals surface area contributed by atoms with Crippen LogP contribution in [-0.2, 0) is 4.79 Å². The molecule has 2 amide bonds. The second-order valence-corrected chi connectivity index (χ2v) is 7.05. The van der Waals surface area contributed by atoms with E-state index in [1.165, 1.54) is 0 Å². The highest BCUT2D eigenvalue weighted by molar-refractivity contribution is 6.04. The molecule has 0 aromatic heterocycles. The van der Waals surface area contributed by atoms with E-state index >= 15 is 0 Å². The zero-order chi connectivity index (χ0) is 20.8. The maximum absolute atomic E-state index is 12.7. The summed E-state index contributed by atoms with van der Waals surface area (Å²) in [6, 6.07) is 20.6. The first-order valence-electron chi connectivity index (χ1n) is 9.84. The molecule has 0 radical (unpaired) electrons. The van der Waals surface area contributed by atoms with Gasteiger partial charge in [0.1, 0.15) is 5.75 Å². The van der Waals surface area contributed by atoms with E-state index in [0.717, 1.165) is 17.2 Å². The summed E-state index contributed by atoms with van der Waals surface area (Å²) in [5.74, 6) is 0.119. The Morgan fingerprint density at radius 2 is 1.62 bits per heavy atom. The number of anilines is 1. The molecule has 0 bridgehead atoms. The molecule has 3 rings (SSSR count). The zero-order valence-electron chi connectivity index (χ0n) is 16.9. The zero-order valence-corrected chi connectivity index (χ0v) is 16.9. The van der Waals surface area contributed by atoms with Gasteiger partial charge >= 0.3 is 0 Å². The lowest BCUT2D eigenvalue weighted by Gasteiger charge is -2.18. The third-order valence-corrected chi connectivity index (χ3v) is 4.84. The van der Waals surface area contributed by atoms with Gasteiger partial charge in [0.2, 0.25) is 0 Å². The summed E-state index contributed by atoms with van der Waals surface area (Å²) < 4.78 is 5.93. The lowest BCUT2D eigenvalue weighted by Crippen LogP contribution is -2.34. The molecule has 0 saturated carbocycles. The van der Waals surface area contributed by atoms with Gasteiger partial charge in [0.05, 0.1) is 11.3 Å². The monoisotopic (exact) mass is 390 g/mol. The lowest BCUT2D eigenvalue weighted by molar-refractivity contribution is -0.122. The van der Waals surface area contributed by atoms with Crippen molar-refractivity contribution in [1.29, 1.82) is 0 Å². The van der Waals surface area contributed by atoms with Crippen LogP contribution in [0.25, 0.3) is 10.8 Å².